The summed E-state index contributed by atoms with van der Waals surface area (Å²) < 4.78 is 12.8. The molecular weight excluding hydrogens is 325 g/mol. The summed E-state index contributed by atoms with van der Waals surface area (Å²) in [7, 11) is 0. The number of aliphatic imine (C=N–C) groups is 1. The molecule has 0 atom stereocenters. The summed E-state index contributed by atoms with van der Waals surface area (Å²) in [5, 5.41) is 16.4. The smallest absolute Gasteiger partial charge is 0.311 e. The molecule has 0 spiro atoms. The van der Waals surface area contributed by atoms with Gasteiger partial charge in [-0.1, -0.05) is 16.8 Å². The third-order valence-corrected chi connectivity index (χ3v) is 3.70. The Bertz CT molecular complexity index is 684. The topological polar surface area (TPSA) is 74.2 Å². The fraction of sp³-hybridized carbons (Fsp3) is 0.400. The van der Waals surface area contributed by atoms with Gasteiger partial charge in [-0.05, 0) is 52.0 Å². The predicted molar refractivity (Wildman–Crippen MR) is 83.2 cm³/mol. The number of carbonyl (C=O) groups is 1. The molecule has 0 unspecified atom stereocenters. The molecule has 1 aromatic rings. The van der Waals surface area contributed by atoms with Gasteiger partial charge in [0, 0.05) is 0 Å². The van der Waals surface area contributed by atoms with Gasteiger partial charge in [0.2, 0.25) is 0 Å². The van der Waals surface area contributed by atoms with E-state index in [2.05, 4.69) is 10.1 Å². The SMILES string of the molecule is CC1(C)N=C(/C(Cl)=N/OC(=O)c2ccc(F)cc2)C(C)(C)N1[O]. The number of hydrogen-bond donors (Lipinski definition) is 0. The Morgan fingerprint density at radius 1 is 1.26 bits per heavy atom. The first-order valence-corrected chi connectivity index (χ1v) is 7.22. The second-order valence-corrected chi connectivity index (χ2v) is 6.43. The normalized spacial score (nSPS) is 20.3. The summed E-state index contributed by atoms with van der Waals surface area (Å²) in [6.07, 6.45) is 0. The molecule has 1 aliphatic heterocycles. The first kappa shape index (κ1) is 17.5. The summed E-state index contributed by atoms with van der Waals surface area (Å²) in [6, 6.07) is 4.79. The Labute approximate surface area is 138 Å². The van der Waals surface area contributed by atoms with Crippen molar-refractivity contribution in [2.24, 2.45) is 10.1 Å². The monoisotopic (exact) mass is 340 g/mol. The summed E-state index contributed by atoms with van der Waals surface area (Å²) in [5.74, 6) is -1.26. The third-order valence-electron chi connectivity index (χ3n) is 3.45. The molecule has 1 radical (unpaired) electrons. The second kappa shape index (κ2) is 5.99. The standard InChI is InChI=1S/C15H16ClFN3O3/c1-14(2)11(18-15(3,4)20(14)22)12(16)19-23-13(21)9-5-7-10(17)8-6-9/h5-8H,1-4H3/b19-12-. The van der Waals surface area contributed by atoms with E-state index in [1.807, 2.05) is 0 Å². The Kier molecular flexibility index (Phi) is 4.57. The highest BCUT2D eigenvalue weighted by Crippen LogP contribution is 2.34. The molecule has 8 heteroatoms. The van der Waals surface area contributed by atoms with Crippen LogP contribution in [0.4, 0.5) is 4.39 Å². The number of hydrogen-bond acceptors (Lipinski definition) is 5. The van der Waals surface area contributed by atoms with Gasteiger partial charge in [-0.2, -0.15) is 0 Å². The van der Waals surface area contributed by atoms with Crippen LogP contribution in [0.2, 0.25) is 0 Å². The van der Waals surface area contributed by atoms with Gasteiger partial charge in [0.1, 0.15) is 17.2 Å². The minimum Gasteiger partial charge on any atom is -0.311 e. The lowest BCUT2D eigenvalue weighted by Gasteiger charge is -2.30. The van der Waals surface area contributed by atoms with E-state index in [0.29, 0.717) is 0 Å². The molecule has 0 bridgehead atoms. The lowest BCUT2D eigenvalue weighted by Crippen LogP contribution is -2.50. The highest BCUT2D eigenvalue weighted by molar-refractivity contribution is 6.84. The second-order valence-electron chi connectivity index (χ2n) is 6.08. The summed E-state index contributed by atoms with van der Waals surface area (Å²) in [5.41, 5.74) is -1.65. The molecule has 0 saturated carbocycles. The third kappa shape index (κ3) is 3.41. The van der Waals surface area contributed by atoms with Crippen molar-refractivity contribution in [3.63, 3.8) is 0 Å². The van der Waals surface area contributed by atoms with Crippen molar-refractivity contribution in [1.29, 1.82) is 0 Å². The molecule has 1 aliphatic rings. The van der Waals surface area contributed by atoms with Crippen LogP contribution in [0.15, 0.2) is 34.4 Å². The van der Waals surface area contributed by atoms with Gasteiger partial charge in [-0.25, -0.2) is 9.18 Å². The minimum atomic E-state index is -1.01. The van der Waals surface area contributed by atoms with Crippen molar-refractivity contribution in [1.82, 2.24) is 5.06 Å². The number of rotatable bonds is 3. The van der Waals surface area contributed by atoms with E-state index in [9.17, 15) is 14.4 Å². The summed E-state index contributed by atoms with van der Waals surface area (Å²) in [6.45, 7) is 6.58. The molecule has 0 amide bonds. The van der Waals surface area contributed by atoms with Crippen LogP contribution in [0, 0.1) is 5.82 Å². The van der Waals surface area contributed by atoms with Gasteiger partial charge in [0.15, 0.2) is 5.17 Å². The number of nitrogens with zero attached hydrogens (tertiary/aromatic N) is 3. The van der Waals surface area contributed by atoms with Gasteiger partial charge in [0.25, 0.3) is 0 Å². The van der Waals surface area contributed by atoms with Crippen molar-refractivity contribution in [2.75, 3.05) is 0 Å². The van der Waals surface area contributed by atoms with E-state index in [1.165, 1.54) is 12.1 Å². The number of benzene rings is 1. The lowest BCUT2D eigenvalue weighted by atomic mass is 9.99. The van der Waals surface area contributed by atoms with E-state index >= 15 is 0 Å². The van der Waals surface area contributed by atoms with Gasteiger partial charge >= 0.3 is 5.97 Å². The van der Waals surface area contributed by atoms with Crippen LogP contribution in [-0.4, -0.2) is 33.1 Å². The highest BCUT2D eigenvalue weighted by atomic mass is 35.5. The average molecular weight is 341 g/mol. The van der Waals surface area contributed by atoms with E-state index in [0.717, 1.165) is 17.2 Å². The molecule has 6 nitrogen and oxygen atoms in total. The lowest BCUT2D eigenvalue weighted by molar-refractivity contribution is -0.240. The van der Waals surface area contributed by atoms with Crippen molar-refractivity contribution in [2.45, 2.75) is 38.9 Å². The van der Waals surface area contributed by atoms with Gasteiger partial charge < -0.3 is 4.84 Å². The van der Waals surface area contributed by atoms with Crippen LogP contribution in [0.25, 0.3) is 0 Å². The molecule has 123 valence electrons. The molecule has 0 N–H and O–H groups in total. The first-order valence-electron chi connectivity index (χ1n) is 6.84. The molecular formula is C15H16ClFN3O3. The molecule has 0 fully saturated rings. The Morgan fingerprint density at radius 2 is 1.83 bits per heavy atom. The van der Waals surface area contributed by atoms with Crippen LogP contribution in [0.5, 0.6) is 0 Å². The molecule has 1 heterocycles. The minimum absolute atomic E-state index is 0.123. The van der Waals surface area contributed by atoms with Crippen LogP contribution in [-0.2, 0) is 10.0 Å². The maximum atomic E-state index is 12.8. The van der Waals surface area contributed by atoms with E-state index in [-0.39, 0.29) is 16.4 Å². The van der Waals surface area contributed by atoms with Crippen LogP contribution < -0.4 is 0 Å². The number of halogens is 2. The van der Waals surface area contributed by atoms with E-state index < -0.39 is 23.0 Å². The van der Waals surface area contributed by atoms with Crippen LogP contribution in [0.3, 0.4) is 0 Å². The van der Waals surface area contributed by atoms with Crippen molar-refractivity contribution in [3.05, 3.63) is 35.6 Å². The molecule has 0 saturated heterocycles. The Morgan fingerprint density at radius 3 is 2.30 bits per heavy atom. The van der Waals surface area contributed by atoms with Crippen molar-refractivity contribution < 1.29 is 19.2 Å². The van der Waals surface area contributed by atoms with Gasteiger partial charge in [-0.15, -0.1) is 10.3 Å². The van der Waals surface area contributed by atoms with Crippen molar-refractivity contribution in [3.8, 4) is 0 Å². The predicted octanol–water partition coefficient (Wildman–Crippen LogP) is 3.15. The molecule has 0 aromatic heterocycles. The number of oxime groups is 1. The van der Waals surface area contributed by atoms with Crippen LogP contribution in [0.1, 0.15) is 38.1 Å². The van der Waals surface area contributed by atoms with Crippen molar-refractivity contribution >= 4 is 28.5 Å². The zero-order valence-corrected chi connectivity index (χ0v) is 13.9. The highest BCUT2D eigenvalue weighted by Gasteiger charge is 2.50. The molecule has 0 aliphatic carbocycles. The zero-order valence-electron chi connectivity index (χ0n) is 13.1. The summed E-state index contributed by atoms with van der Waals surface area (Å²) in [4.78, 5) is 20.8. The molecule has 23 heavy (non-hydrogen) atoms. The molecule has 2 rings (SSSR count). The largest absolute Gasteiger partial charge is 0.365 e. The average Bonchev–Trinajstić information content (AvgIpc) is 2.65. The van der Waals surface area contributed by atoms with Crippen LogP contribution >= 0.6 is 11.6 Å². The summed E-state index contributed by atoms with van der Waals surface area (Å²) >= 11 is 6.04. The number of hydroxylamine groups is 2. The van der Waals surface area contributed by atoms with E-state index in [4.69, 9.17) is 16.4 Å². The van der Waals surface area contributed by atoms with Gasteiger partial charge in [-0.3, -0.25) is 4.99 Å². The zero-order chi connectivity index (χ0) is 17.4. The maximum absolute atomic E-state index is 12.8. The van der Waals surface area contributed by atoms with E-state index in [1.54, 1.807) is 27.7 Å². The molecule has 1 aromatic carbocycles. The maximum Gasteiger partial charge on any atom is 0.365 e. The Hall–Kier alpha value is -1.83. The fourth-order valence-electron chi connectivity index (χ4n) is 2.30. The first-order chi connectivity index (χ1) is 10.6. The fourth-order valence-corrected chi connectivity index (χ4v) is 2.61. The quantitative estimate of drug-likeness (QED) is 0.482. The van der Waals surface area contributed by atoms with Gasteiger partial charge in [0.05, 0.1) is 11.1 Å². The number of carbonyl (C=O) groups excluding carboxylic acids is 1. The Balaban J connectivity index is 2.17.